The SMILES string of the molecule is Cc1cc(F)cccc[nH]c(=O)c1CC(=O)NC(C)C1CCC(C#N)CN1. The number of piperidine rings is 1. The first-order chi connectivity index (χ1) is 12.9. The number of nitrogens with one attached hydrogen (secondary N) is 3. The van der Waals surface area contributed by atoms with Gasteiger partial charge in [-0.3, -0.25) is 9.59 Å². The first-order valence-corrected chi connectivity index (χ1v) is 9.04. The van der Waals surface area contributed by atoms with Gasteiger partial charge in [0.15, 0.2) is 0 Å². The molecule has 1 fully saturated rings. The minimum atomic E-state index is -0.489. The van der Waals surface area contributed by atoms with Gasteiger partial charge in [-0.2, -0.15) is 5.26 Å². The van der Waals surface area contributed by atoms with E-state index < -0.39 is 11.4 Å². The van der Waals surface area contributed by atoms with Crippen molar-refractivity contribution in [3.05, 3.63) is 57.8 Å². The number of aromatic amines is 1. The smallest absolute Gasteiger partial charge is 0.251 e. The second kappa shape index (κ2) is 9.83. The fourth-order valence-corrected chi connectivity index (χ4v) is 3.14. The molecule has 144 valence electrons. The highest BCUT2D eigenvalue weighted by Crippen LogP contribution is 2.15. The molecule has 1 aliphatic rings. The van der Waals surface area contributed by atoms with Gasteiger partial charge in [0.25, 0.3) is 5.56 Å². The van der Waals surface area contributed by atoms with Crippen molar-refractivity contribution in [2.75, 3.05) is 6.54 Å². The summed E-state index contributed by atoms with van der Waals surface area (Å²) in [7, 11) is 0. The number of rotatable bonds is 4. The summed E-state index contributed by atoms with van der Waals surface area (Å²) in [5.41, 5.74) is 0.190. The quantitative estimate of drug-likeness (QED) is 0.752. The van der Waals surface area contributed by atoms with Crippen LogP contribution >= 0.6 is 0 Å². The second-order valence-corrected chi connectivity index (χ2v) is 6.83. The fourth-order valence-electron chi connectivity index (χ4n) is 3.14. The van der Waals surface area contributed by atoms with Gasteiger partial charge in [-0.1, -0.05) is 6.07 Å². The van der Waals surface area contributed by atoms with Crippen LogP contribution in [0, 0.1) is 30.0 Å². The lowest BCUT2D eigenvalue weighted by molar-refractivity contribution is -0.121. The van der Waals surface area contributed by atoms with Crippen molar-refractivity contribution in [2.24, 2.45) is 5.92 Å². The number of hydrogen-bond acceptors (Lipinski definition) is 4. The normalized spacial score (nSPS) is 20.1. The number of nitriles is 1. The second-order valence-electron chi connectivity index (χ2n) is 6.83. The molecule has 0 spiro atoms. The van der Waals surface area contributed by atoms with Crippen LogP contribution in [-0.4, -0.2) is 29.5 Å². The Bertz CT molecular complexity index is 821. The van der Waals surface area contributed by atoms with Crippen LogP contribution in [0.3, 0.4) is 0 Å². The Morgan fingerprint density at radius 2 is 2.22 bits per heavy atom. The predicted octanol–water partition coefficient (Wildman–Crippen LogP) is 1.89. The maximum absolute atomic E-state index is 13.8. The van der Waals surface area contributed by atoms with Gasteiger partial charge in [0.2, 0.25) is 5.91 Å². The van der Waals surface area contributed by atoms with Crippen molar-refractivity contribution in [3.8, 4) is 6.07 Å². The summed E-state index contributed by atoms with van der Waals surface area (Å²) in [5, 5.41) is 15.1. The summed E-state index contributed by atoms with van der Waals surface area (Å²) in [5.74, 6) is -0.787. The molecule has 0 saturated carbocycles. The third-order valence-corrected chi connectivity index (χ3v) is 4.75. The Morgan fingerprint density at radius 3 is 2.89 bits per heavy atom. The number of aryl methyl sites for hydroxylation is 1. The van der Waals surface area contributed by atoms with Gasteiger partial charge in [0.05, 0.1) is 18.4 Å². The molecule has 0 radical (unpaired) electrons. The Labute approximate surface area is 158 Å². The zero-order valence-electron chi connectivity index (χ0n) is 15.6. The summed E-state index contributed by atoms with van der Waals surface area (Å²) >= 11 is 0. The zero-order chi connectivity index (χ0) is 19.8. The number of hydrogen-bond donors (Lipinski definition) is 3. The Balaban J connectivity index is 2.11. The van der Waals surface area contributed by atoms with Crippen molar-refractivity contribution >= 4 is 5.91 Å². The molecule has 3 atom stereocenters. The Kier molecular flexibility index (Phi) is 7.50. The van der Waals surface area contributed by atoms with Crippen LogP contribution < -0.4 is 16.2 Å². The molecule has 3 unspecified atom stereocenters. The fraction of sp³-hybridized carbons (Fsp3) is 0.450. The molecule has 3 N–H and O–H groups in total. The summed E-state index contributed by atoms with van der Waals surface area (Å²) in [6, 6.07) is 7.69. The molecule has 6 nitrogen and oxygen atoms in total. The van der Waals surface area contributed by atoms with Crippen LogP contribution in [0.1, 0.15) is 30.9 Å². The summed E-state index contributed by atoms with van der Waals surface area (Å²) in [6.07, 6.45) is 2.86. The maximum atomic E-state index is 13.8. The largest absolute Gasteiger partial charge is 0.352 e. The molecule has 27 heavy (non-hydrogen) atoms. The van der Waals surface area contributed by atoms with Crippen molar-refractivity contribution in [1.82, 2.24) is 15.6 Å². The average molecular weight is 372 g/mol. The van der Waals surface area contributed by atoms with E-state index in [-0.39, 0.29) is 35.9 Å². The average Bonchev–Trinajstić information content (AvgIpc) is 2.65. The standard InChI is InChI=1S/C20H25FN4O2/c1-13-9-16(21)5-3-4-8-23-20(27)17(13)10-19(26)25-14(2)18-7-6-15(11-22)12-24-18/h3-5,8-9,14-15,18,24H,6-7,10,12H2,1-2H3,(H,23,27)(H,25,26). The molecule has 1 aliphatic heterocycles. The molecule has 1 aromatic heterocycles. The van der Waals surface area contributed by atoms with E-state index >= 15 is 0 Å². The van der Waals surface area contributed by atoms with E-state index in [2.05, 4.69) is 21.7 Å². The maximum Gasteiger partial charge on any atom is 0.251 e. The van der Waals surface area contributed by atoms with E-state index in [0.717, 1.165) is 12.8 Å². The van der Waals surface area contributed by atoms with Gasteiger partial charge < -0.3 is 15.6 Å². The molecule has 1 saturated heterocycles. The molecule has 2 heterocycles. The topological polar surface area (TPSA) is 97.8 Å². The number of aromatic nitrogens is 1. The van der Waals surface area contributed by atoms with Gasteiger partial charge in [0, 0.05) is 30.4 Å². The monoisotopic (exact) mass is 372 g/mol. The van der Waals surface area contributed by atoms with Gasteiger partial charge in [0.1, 0.15) is 5.82 Å². The Hall–Kier alpha value is -2.72. The first-order valence-electron chi connectivity index (χ1n) is 9.04. The number of H-pyrrole nitrogens is 1. The van der Waals surface area contributed by atoms with Crippen LogP contribution in [0.5, 0.6) is 0 Å². The number of amides is 1. The van der Waals surface area contributed by atoms with E-state index in [1.165, 1.54) is 30.5 Å². The van der Waals surface area contributed by atoms with E-state index in [0.29, 0.717) is 12.1 Å². The lowest BCUT2D eigenvalue weighted by atomic mass is 9.92. The van der Waals surface area contributed by atoms with Gasteiger partial charge in [-0.25, -0.2) is 4.39 Å². The molecule has 0 bridgehead atoms. The van der Waals surface area contributed by atoms with E-state index in [1.54, 1.807) is 6.92 Å². The van der Waals surface area contributed by atoms with Crippen LogP contribution in [0.4, 0.5) is 4.39 Å². The zero-order valence-corrected chi connectivity index (χ0v) is 15.6. The lowest BCUT2D eigenvalue weighted by Crippen LogP contribution is -2.52. The van der Waals surface area contributed by atoms with Gasteiger partial charge in [-0.05, 0) is 50.5 Å². The number of carbonyl (C=O) groups excluding carboxylic acids is 1. The van der Waals surface area contributed by atoms with Crippen molar-refractivity contribution < 1.29 is 9.18 Å². The van der Waals surface area contributed by atoms with E-state index in [4.69, 9.17) is 5.26 Å². The summed E-state index contributed by atoms with van der Waals surface area (Å²) in [6.45, 7) is 4.11. The van der Waals surface area contributed by atoms with Crippen molar-refractivity contribution in [2.45, 2.75) is 45.2 Å². The third-order valence-electron chi connectivity index (χ3n) is 4.75. The Morgan fingerprint density at radius 1 is 1.44 bits per heavy atom. The third kappa shape index (κ3) is 6.19. The van der Waals surface area contributed by atoms with Crippen LogP contribution in [-0.2, 0) is 11.2 Å². The summed E-state index contributed by atoms with van der Waals surface area (Å²) in [4.78, 5) is 27.4. The lowest BCUT2D eigenvalue weighted by Gasteiger charge is -2.31. The van der Waals surface area contributed by atoms with Crippen LogP contribution in [0.25, 0.3) is 0 Å². The number of nitrogens with zero attached hydrogens (tertiary/aromatic N) is 1. The molecule has 1 amide bonds. The van der Waals surface area contributed by atoms with Crippen LogP contribution in [0.2, 0.25) is 0 Å². The van der Waals surface area contributed by atoms with Crippen molar-refractivity contribution in [3.63, 3.8) is 0 Å². The molecule has 0 aromatic carbocycles. The van der Waals surface area contributed by atoms with E-state index in [9.17, 15) is 14.0 Å². The highest BCUT2D eigenvalue weighted by Gasteiger charge is 2.25. The van der Waals surface area contributed by atoms with Gasteiger partial charge in [-0.15, -0.1) is 0 Å². The molecular weight excluding hydrogens is 347 g/mol. The summed E-state index contributed by atoms with van der Waals surface area (Å²) < 4.78 is 13.8. The molecular formula is C20H25FN4O2. The van der Waals surface area contributed by atoms with E-state index in [1.807, 2.05) is 6.92 Å². The molecule has 2 rings (SSSR count). The molecule has 7 heteroatoms. The number of halogens is 1. The van der Waals surface area contributed by atoms with Gasteiger partial charge >= 0.3 is 0 Å². The number of carbonyl (C=O) groups is 1. The first kappa shape index (κ1) is 20.6. The minimum absolute atomic E-state index is 0.00683. The molecule has 0 aliphatic carbocycles. The minimum Gasteiger partial charge on any atom is -0.352 e. The highest BCUT2D eigenvalue weighted by atomic mass is 19.1. The highest BCUT2D eigenvalue weighted by molar-refractivity contribution is 5.79. The van der Waals surface area contributed by atoms with Crippen LogP contribution in [0.15, 0.2) is 35.3 Å². The predicted molar refractivity (Wildman–Crippen MR) is 101 cm³/mol. The van der Waals surface area contributed by atoms with Crippen molar-refractivity contribution in [1.29, 1.82) is 5.26 Å². The molecule has 1 aromatic rings.